The number of ketones is 1. The molecule has 0 unspecified atom stereocenters. The van der Waals surface area contributed by atoms with Gasteiger partial charge in [0, 0.05) is 0 Å². The number of Topliss-reactive ketones (excluding diaryl/α,β-unsaturated/α-hetero) is 1. The monoisotopic (exact) mass is 313 g/mol. The van der Waals surface area contributed by atoms with Crippen LogP contribution in [0.4, 0.5) is 0 Å². The Morgan fingerprint density at radius 1 is 1.26 bits per heavy atom. The second-order valence-electron chi connectivity index (χ2n) is 6.11. The fraction of sp³-hybridized carbons (Fsp3) is 0.389. The third-order valence-corrected chi connectivity index (χ3v) is 4.84. The quantitative estimate of drug-likeness (QED) is 0.400. The SMILES string of the molecule is CCOC(=O)[C@]12CC(C)=CC[C@@]1(c1ccccc1)NC(=O)C2=O. The molecule has 23 heavy (non-hydrogen) atoms. The maximum absolute atomic E-state index is 12.8. The van der Waals surface area contributed by atoms with E-state index < -0.39 is 28.6 Å². The lowest BCUT2D eigenvalue weighted by atomic mass is 9.59. The number of esters is 1. The molecule has 3 rings (SSSR count). The van der Waals surface area contributed by atoms with E-state index in [9.17, 15) is 14.4 Å². The molecule has 0 spiro atoms. The number of ether oxygens (including phenoxy) is 1. The topological polar surface area (TPSA) is 72.5 Å². The molecule has 1 aromatic rings. The molecule has 1 amide bonds. The van der Waals surface area contributed by atoms with Crippen molar-refractivity contribution in [3.63, 3.8) is 0 Å². The van der Waals surface area contributed by atoms with Crippen LogP contribution >= 0.6 is 0 Å². The number of rotatable bonds is 3. The number of hydrogen-bond acceptors (Lipinski definition) is 4. The van der Waals surface area contributed by atoms with Crippen molar-refractivity contribution in [1.82, 2.24) is 5.32 Å². The molecule has 2 atom stereocenters. The predicted octanol–water partition coefficient (Wildman–Crippen LogP) is 1.87. The van der Waals surface area contributed by atoms with Gasteiger partial charge in [0.25, 0.3) is 5.91 Å². The number of carbonyl (C=O) groups is 3. The normalized spacial score (nSPS) is 29.6. The summed E-state index contributed by atoms with van der Waals surface area (Å²) in [6, 6.07) is 9.19. The van der Waals surface area contributed by atoms with E-state index in [-0.39, 0.29) is 13.0 Å². The van der Waals surface area contributed by atoms with Crippen LogP contribution in [0.3, 0.4) is 0 Å². The average molecular weight is 313 g/mol. The molecular weight excluding hydrogens is 294 g/mol. The summed E-state index contributed by atoms with van der Waals surface area (Å²) < 4.78 is 5.22. The molecule has 1 aliphatic heterocycles. The highest BCUT2D eigenvalue weighted by Gasteiger charge is 2.70. The molecule has 5 heteroatoms. The van der Waals surface area contributed by atoms with Gasteiger partial charge in [-0.3, -0.25) is 14.4 Å². The highest BCUT2D eigenvalue weighted by Crippen LogP contribution is 2.54. The lowest BCUT2D eigenvalue weighted by Gasteiger charge is -2.44. The second kappa shape index (κ2) is 5.33. The lowest BCUT2D eigenvalue weighted by Crippen LogP contribution is -2.57. The molecule has 120 valence electrons. The van der Waals surface area contributed by atoms with E-state index in [1.54, 1.807) is 6.92 Å². The van der Waals surface area contributed by atoms with E-state index >= 15 is 0 Å². The molecule has 1 fully saturated rings. The molecule has 1 aliphatic carbocycles. The minimum absolute atomic E-state index is 0.162. The molecule has 1 N–H and O–H groups in total. The molecule has 5 nitrogen and oxygen atoms in total. The van der Waals surface area contributed by atoms with Crippen LogP contribution in [0, 0.1) is 5.41 Å². The van der Waals surface area contributed by atoms with Gasteiger partial charge in [0.1, 0.15) is 0 Å². The zero-order valence-electron chi connectivity index (χ0n) is 13.2. The van der Waals surface area contributed by atoms with Crippen LogP contribution in [0.2, 0.25) is 0 Å². The Labute approximate surface area is 134 Å². The highest BCUT2D eigenvalue weighted by molar-refractivity contribution is 6.45. The lowest BCUT2D eigenvalue weighted by molar-refractivity contribution is -0.164. The van der Waals surface area contributed by atoms with Gasteiger partial charge in [0.2, 0.25) is 5.78 Å². The molecule has 1 saturated heterocycles. The molecule has 0 saturated carbocycles. The zero-order valence-corrected chi connectivity index (χ0v) is 13.2. The van der Waals surface area contributed by atoms with Gasteiger partial charge in [-0.05, 0) is 32.3 Å². The van der Waals surface area contributed by atoms with E-state index in [0.717, 1.165) is 11.1 Å². The third-order valence-electron chi connectivity index (χ3n) is 4.84. The first-order valence-electron chi connectivity index (χ1n) is 7.73. The van der Waals surface area contributed by atoms with Crippen molar-refractivity contribution < 1.29 is 19.1 Å². The van der Waals surface area contributed by atoms with E-state index in [1.807, 2.05) is 43.3 Å². The van der Waals surface area contributed by atoms with Crippen molar-refractivity contribution >= 4 is 17.7 Å². The van der Waals surface area contributed by atoms with Crippen LogP contribution in [-0.2, 0) is 24.7 Å². The maximum Gasteiger partial charge on any atom is 0.323 e. The summed E-state index contributed by atoms with van der Waals surface area (Å²) in [4.78, 5) is 37.8. The first-order valence-corrected chi connectivity index (χ1v) is 7.73. The summed E-state index contributed by atoms with van der Waals surface area (Å²) in [5, 5.41) is 2.80. The van der Waals surface area contributed by atoms with Gasteiger partial charge < -0.3 is 10.1 Å². The minimum Gasteiger partial charge on any atom is -0.465 e. The Bertz CT molecular complexity index is 709. The molecule has 1 heterocycles. The highest BCUT2D eigenvalue weighted by atomic mass is 16.5. The van der Waals surface area contributed by atoms with Crippen molar-refractivity contribution in [2.75, 3.05) is 6.61 Å². The predicted molar refractivity (Wildman–Crippen MR) is 83.3 cm³/mol. The van der Waals surface area contributed by atoms with Gasteiger partial charge in [-0.2, -0.15) is 0 Å². The number of benzene rings is 1. The van der Waals surface area contributed by atoms with E-state index in [2.05, 4.69) is 5.32 Å². The van der Waals surface area contributed by atoms with Crippen LogP contribution in [0.5, 0.6) is 0 Å². The molecule has 0 bridgehead atoms. The van der Waals surface area contributed by atoms with Gasteiger partial charge in [0.15, 0.2) is 5.41 Å². The van der Waals surface area contributed by atoms with E-state index in [4.69, 9.17) is 4.74 Å². The smallest absolute Gasteiger partial charge is 0.323 e. The van der Waals surface area contributed by atoms with Gasteiger partial charge in [0.05, 0.1) is 12.1 Å². The van der Waals surface area contributed by atoms with Gasteiger partial charge in [-0.25, -0.2) is 0 Å². The number of carbonyl (C=O) groups excluding carboxylic acids is 3. The first-order chi connectivity index (χ1) is 11.0. The van der Waals surface area contributed by atoms with Gasteiger partial charge >= 0.3 is 5.97 Å². The fourth-order valence-electron chi connectivity index (χ4n) is 3.77. The first kappa shape index (κ1) is 15.5. The number of fused-ring (bicyclic) bond motifs is 1. The van der Waals surface area contributed by atoms with Crippen molar-refractivity contribution in [3.8, 4) is 0 Å². The van der Waals surface area contributed by atoms with E-state index in [1.165, 1.54) is 0 Å². The number of hydrogen-bond donors (Lipinski definition) is 1. The van der Waals surface area contributed by atoms with Crippen LogP contribution in [0.25, 0.3) is 0 Å². The summed E-state index contributed by atoms with van der Waals surface area (Å²) >= 11 is 0. The number of allylic oxidation sites excluding steroid dienone is 1. The minimum atomic E-state index is -1.53. The van der Waals surface area contributed by atoms with Crippen LogP contribution in [-0.4, -0.2) is 24.3 Å². The van der Waals surface area contributed by atoms with Crippen LogP contribution in [0.15, 0.2) is 42.0 Å². The van der Waals surface area contributed by atoms with Crippen LogP contribution < -0.4 is 5.32 Å². The Morgan fingerprint density at radius 2 is 1.96 bits per heavy atom. The second-order valence-corrected chi connectivity index (χ2v) is 6.11. The van der Waals surface area contributed by atoms with Crippen molar-refractivity contribution in [1.29, 1.82) is 0 Å². The summed E-state index contributed by atoms with van der Waals surface area (Å²) in [6.45, 7) is 3.72. The largest absolute Gasteiger partial charge is 0.465 e. The average Bonchev–Trinajstić information content (AvgIpc) is 2.79. The fourth-order valence-corrected chi connectivity index (χ4v) is 3.77. The summed E-state index contributed by atoms with van der Waals surface area (Å²) in [7, 11) is 0. The molecule has 0 radical (unpaired) electrons. The Kier molecular flexibility index (Phi) is 3.59. The molecule has 1 aromatic carbocycles. The maximum atomic E-state index is 12.8. The van der Waals surface area contributed by atoms with Crippen LogP contribution in [0.1, 0.15) is 32.3 Å². The molecular formula is C18H19NO4. The Morgan fingerprint density at radius 3 is 2.61 bits per heavy atom. The summed E-state index contributed by atoms with van der Waals surface area (Å²) in [6.07, 6.45) is 2.56. The summed E-state index contributed by atoms with van der Waals surface area (Å²) in [5.74, 6) is -2.04. The Balaban J connectivity index is 2.27. The van der Waals surface area contributed by atoms with Gasteiger partial charge in [-0.15, -0.1) is 0 Å². The van der Waals surface area contributed by atoms with Crippen molar-refractivity contribution in [2.45, 2.75) is 32.2 Å². The standard InChI is InChI=1S/C18H19NO4/c1-3-23-16(22)17-11-12(2)9-10-18(17,19-15(21)14(17)20)13-7-5-4-6-8-13/h4-9H,3,10-11H2,1-2H3,(H,19,21)/t17-,18+/m1/s1. The van der Waals surface area contributed by atoms with Crippen molar-refractivity contribution in [2.24, 2.45) is 5.41 Å². The van der Waals surface area contributed by atoms with Crippen molar-refractivity contribution in [3.05, 3.63) is 47.5 Å². The Hall–Kier alpha value is -2.43. The number of amides is 1. The van der Waals surface area contributed by atoms with E-state index in [0.29, 0.717) is 6.42 Å². The molecule has 0 aromatic heterocycles. The number of nitrogens with one attached hydrogen (secondary N) is 1. The van der Waals surface area contributed by atoms with Gasteiger partial charge in [-0.1, -0.05) is 42.0 Å². The third kappa shape index (κ3) is 1.96. The summed E-state index contributed by atoms with van der Waals surface area (Å²) in [5.41, 5.74) is -0.945. The zero-order chi connectivity index (χ0) is 16.7. The molecule has 2 aliphatic rings.